The van der Waals surface area contributed by atoms with Crippen molar-refractivity contribution in [3.63, 3.8) is 0 Å². The minimum absolute atomic E-state index is 0.662. The average Bonchev–Trinajstić information content (AvgIpc) is 2.74. The molecule has 1 aromatic rings. The molecular weight excluding hydrogens is 136 g/mol. The predicted octanol–water partition coefficient (Wildman–Crippen LogP) is 1.93. The molecule has 1 aromatic heterocycles. The van der Waals surface area contributed by atoms with Crippen LogP contribution in [0.25, 0.3) is 0 Å². The maximum absolute atomic E-state index is 4.34. The molecule has 0 saturated heterocycles. The highest BCUT2D eigenvalue weighted by molar-refractivity contribution is 5.03. The van der Waals surface area contributed by atoms with Crippen LogP contribution in [0.5, 0.6) is 0 Å². The molecule has 1 unspecified atom stereocenters. The Morgan fingerprint density at radius 3 is 2.82 bits per heavy atom. The Morgan fingerprint density at radius 1 is 1.64 bits per heavy atom. The molecule has 2 heteroatoms. The molecule has 11 heavy (non-hydrogen) atoms. The van der Waals surface area contributed by atoms with Crippen molar-refractivity contribution in [2.24, 2.45) is 13.0 Å². The summed E-state index contributed by atoms with van der Waals surface area (Å²) in [4.78, 5) is 4.34. The molecule has 0 bridgehead atoms. The van der Waals surface area contributed by atoms with Crippen LogP contribution in [0.15, 0.2) is 12.4 Å². The van der Waals surface area contributed by atoms with E-state index in [9.17, 15) is 0 Å². The fourth-order valence-electron chi connectivity index (χ4n) is 1.62. The van der Waals surface area contributed by atoms with Gasteiger partial charge in [-0.3, -0.25) is 0 Å². The molecule has 1 aliphatic carbocycles. The molecule has 60 valence electrons. The fraction of sp³-hybridized carbons (Fsp3) is 0.667. The lowest BCUT2D eigenvalue weighted by Crippen LogP contribution is -2.03. The molecule has 1 atom stereocenters. The second kappa shape index (κ2) is 2.36. The molecular formula is C9H14N2. The predicted molar refractivity (Wildman–Crippen MR) is 44.3 cm³/mol. The molecule has 0 aromatic carbocycles. The summed E-state index contributed by atoms with van der Waals surface area (Å²) in [6.07, 6.45) is 6.70. The molecule has 1 saturated carbocycles. The van der Waals surface area contributed by atoms with Crippen LogP contribution < -0.4 is 0 Å². The van der Waals surface area contributed by atoms with Gasteiger partial charge in [0.25, 0.3) is 0 Å². The van der Waals surface area contributed by atoms with E-state index in [0.29, 0.717) is 5.92 Å². The third-order valence-electron chi connectivity index (χ3n) is 2.59. The van der Waals surface area contributed by atoms with Crippen LogP contribution in [0.3, 0.4) is 0 Å². The SMILES string of the molecule is CC(c1nccn1C)C1CC1. The quantitative estimate of drug-likeness (QED) is 0.630. The molecule has 0 amide bonds. The number of aromatic nitrogens is 2. The molecule has 0 spiro atoms. The normalized spacial score (nSPS) is 20.2. The van der Waals surface area contributed by atoms with Crippen LogP contribution >= 0.6 is 0 Å². The van der Waals surface area contributed by atoms with E-state index in [1.54, 1.807) is 0 Å². The first kappa shape index (κ1) is 6.89. The van der Waals surface area contributed by atoms with Gasteiger partial charge in [-0.25, -0.2) is 4.98 Å². The summed E-state index contributed by atoms with van der Waals surface area (Å²) in [5.74, 6) is 2.82. The van der Waals surface area contributed by atoms with E-state index in [2.05, 4.69) is 23.5 Å². The number of rotatable bonds is 2. The summed E-state index contributed by atoms with van der Waals surface area (Å²) in [7, 11) is 2.07. The van der Waals surface area contributed by atoms with Crippen molar-refractivity contribution in [1.29, 1.82) is 0 Å². The van der Waals surface area contributed by atoms with Crippen LogP contribution in [0.4, 0.5) is 0 Å². The van der Waals surface area contributed by atoms with E-state index < -0.39 is 0 Å². The van der Waals surface area contributed by atoms with Crippen molar-refractivity contribution in [3.8, 4) is 0 Å². The summed E-state index contributed by atoms with van der Waals surface area (Å²) in [6.45, 7) is 2.28. The third kappa shape index (κ3) is 1.17. The van der Waals surface area contributed by atoms with Crippen molar-refractivity contribution in [3.05, 3.63) is 18.2 Å². The van der Waals surface area contributed by atoms with Gasteiger partial charge in [-0.15, -0.1) is 0 Å². The molecule has 0 radical (unpaired) electrons. The summed E-state index contributed by atoms with van der Waals surface area (Å²) in [6, 6.07) is 0. The van der Waals surface area contributed by atoms with Crippen LogP contribution in [0.1, 0.15) is 31.5 Å². The Labute approximate surface area is 67.3 Å². The molecule has 0 N–H and O–H groups in total. The minimum atomic E-state index is 0.662. The number of hydrogen-bond donors (Lipinski definition) is 0. The zero-order chi connectivity index (χ0) is 7.84. The van der Waals surface area contributed by atoms with Crippen LogP contribution in [0, 0.1) is 5.92 Å². The van der Waals surface area contributed by atoms with Gasteiger partial charge < -0.3 is 4.57 Å². The molecule has 1 aliphatic rings. The first-order valence-electron chi connectivity index (χ1n) is 4.26. The minimum Gasteiger partial charge on any atom is -0.338 e. The second-order valence-corrected chi connectivity index (χ2v) is 3.52. The van der Waals surface area contributed by atoms with Gasteiger partial charge in [0.1, 0.15) is 5.82 Å². The van der Waals surface area contributed by atoms with Crippen molar-refractivity contribution in [1.82, 2.24) is 9.55 Å². The van der Waals surface area contributed by atoms with Crippen molar-refractivity contribution in [2.45, 2.75) is 25.7 Å². The summed E-state index contributed by atoms with van der Waals surface area (Å²) in [5.41, 5.74) is 0. The summed E-state index contributed by atoms with van der Waals surface area (Å²) < 4.78 is 2.13. The summed E-state index contributed by atoms with van der Waals surface area (Å²) >= 11 is 0. The van der Waals surface area contributed by atoms with Gasteiger partial charge in [0, 0.05) is 25.4 Å². The van der Waals surface area contributed by atoms with Gasteiger partial charge >= 0.3 is 0 Å². The van der Waals surface area contributed by atoms with Gasteiger partial charge in [0.15, 0.2) is 0 Å². The second-order valence-electron chi connectivity index (χ2n) is 3.52. The number of aryl methyl sites for hydroxylation is 1. The van der Waals surface area contributed by atoms with E-state index in [-0.39, 0.29) is 0 Å². The standard InChI is InChI=1S/C9H14N2/c1-7(8-3-4-8)9-10-5-6-11(9)2/h5-8H,3-4H2,1-2H3. The molecule has 1 fully saturated rings. The van der Waals surface area contributed by atoms with E-state index in [1.807, 2.05) is 12.4 Å². The Bertz CT molecular complexity index is 248. The summed E-state index contributed by atoms with van der Waals surface area (Å²) in [5, 5.41) is 0. The molecule has 2 nitrogen and oxygen atoms in total. The van der Waals surface area contributed by atoms with E-state index in [4.69, 9.17) is 0 Å². The van der Waals surface area contributed by atoms with Gasteiger partial charge in [-0.2, -0.15) is 0 Å². The van der Waals surface area contributed by atoms with Gasteiger partial charge in [-0.1, -0.05) is 6.92 Å². The molecule has 1 heterocycles. The van der Waals surface area contributed by atoms with E-state index in [1.165, 1.54) is 18.7 Å². The van der Waals surface area contributed by atoms with Gasteiger partial charge in [-0.05, 0) is 18.8 Å². The fourth-order valence-corrected chi connectivity index (χ4v) is 1.62. The monoisotopic (exact) mass is 150 g/mol. The van der Waals surface area contributed by atoms with Gasteiger partial charge in [0.2, 0.25) is 0 Å². The maximum Gasteiger partial charge on any atom is 0.111 e. The first-order chi connectivity index (χ1) is 5.29. The topological polar surface area (TPSA) is 17.8 Å². The Hall–Kier alpha value is -0.790. The maximum atomic E-state index is 4.34. The zero-order valence-corrected chi connectivity index (χ0v) is 7.12. The van der Waals surface area contributed by atoms with E-state index >= 15 is 0 Å². The average molecular weight is 150 g/mol. The number of nitrogens with zero attached hydrogens (tertiary/aromatic N) is 2. The molecule has 2 rings (SSSR count). The Balaban J connectivity index is 2.20. The van der Waals surface area contributed by atoms with Gasteiger partial charge in [0.05, 0.1) is 0 Å². The third-order valence-corrected chi connectivity index (χ3v) is 2.59. The smallest absolute Gasteiger partial charge is 0.111 e. The lowest BCUT2D eigenvalue weighted by Gasteiger charge is -2.08. The van der Waals surface area contributed by atoms with Crippen LogP contribution in [-0.4, -0.2) is 9.55 Å². The van der Waals surface area contributed by atoms with Crippen molar-refractivity contribution >= 4 is 0 Å². The Kier molecular flexibility index (Phi) is 1.48. The lowest BCUT2D eigenvalue weighted by atomic mass is 10.1. The van der Waals surface area contributed by atoms with Crippen molar-refractivity contribution in [2.75, 3.05) is 0 Å². The Morgan fingerprint density at radius 2 is 2.36 bits per heavy atom. The molecule has 0 aliphatic heterocycles. The van der Waals surface area contributed by atoms with E-state index in [0.717, 1.165) is 5.92 Å². The number of imidazole rings is 1. The zero-order valence-electron chi connectivity index (χ0n) is 7.12. The largest absolute Gasteiger partial charge is 0.338 e. The highest BCUT2D eigenvalue weighted by Crippen LogP contribution is 2.41. The number of hydrogen-bond acceptors (Lipinski definition) is 1. The van der Waals surface area contributed by atoms with Crippen LogP contribution in [0.2, 0.25) is 0 Å². The lowest BCUT2D eigenvalue weighted by molar-refractivity contribution is 0.594. The van der Waals surface area contributed by atoms with Crippen LogP contribution in [-0.2, 0) is 7.05 Å². The highest BCUT2D eigenvalue weighted by atomic mass is 15.0. The first-order valence-corrected chi connectivity index (χ1v) is 4.26. The highest BCUT2D eigenvalue weighted by Gasteiger charge is 2.30. The van der Waals surface area contributed by atoms with Crippen molar-refractivity contribution < 1.29 is 0 Å².